The van der Waals surface area contributed by atoms with Crippen LogP contribution in [0.25, 0.3) is 0 Å². The van der Waals surface area contributed by atoms with Crippen LogP contribution >= 0.6 is 0 Å². The fraction of sp³-hybridized carbons (Fsp3) is 0.647. The summed E-state index contributed by atoms with van der Waals surface area (Å²) in [6.07, 6.45) is 2.15. The van der Waals surface area contributed by atoms with E-state index < -0.39 is 53.1 Å². The van der Waals surface area contributed by atoms with Crippen molar-refractivity contribution in [1.82, 2.24) is 0 Å². The van der Waals surface area contributed by atoms with Crippen molar-refractivity contribution in [1.29, 1.82) is 0 Å². The van der Waals surface area contributed by atoms with Gasteiger partial charge in [0.2, 0.25) is 0 Å². The number of esters is 2. The van der Waals surface area contributed by atoms with E-state index in [2.05, 4.69) is 6.58 Å². The van der Waals surface area contributed by atoms with Crippen molar-refractivity contribution in [3.05, 3.63) is 24.3 Å². The molecule has 0 aromatic carbocycles. The highest BCUT2D eigenvalue weighted by Gasteiger charge is 2.62. The Kier molecular flexibility index (Phi) is 3.46. The van der Waals surface area contributed by atoms with Crippen LogP contribution in [0.2, 0.25) is 0 Å². The molecular weight excluding hydrogens is 300 g/mol. The first-order chi connectivity index (χ1) is 10.6. The second kappa shape index (κ2) is 4.92. The van der Waals surface area contributed by atoms with Gasteiger partial charge in [0.05, 0.1) is 5.60 Å². The van der Waals surface area contributed by atoms with E-state index in [9.17, 15) is 19.8 Å². The van der Waals surface area contributed by atoms with Gasteiger partial charge in [-0.2, -0.15) is 0 Å². The fourth-order valence-electron chi connectivity index (χ4n) is 4.27. The monoisotopic (exact) mass is 322 g/mol. The lowest BCUT2D eigenvalue weighted by Crippen LogP contribution is -2.51. The van der Waals surface area contributed by atoms with Gasteiger partial charge in [-0.25, -0.2) is 4.79 Å². The standard InChI is InChI=1S/C17H22O6/c1-8-10-7-12(22-9(2)18)17(4,21)11-5-6-16(3,20)13(11)14(10)23-15(8)19/h5-6,10-14,20-21H,1,7H2,2-4H3. The highest BCUT2D eigenvalue weighted by atomic mass is 16.6. The summed E-state index contributed by atoms with van der Waals surface area (Å²) in [5, 5.41) is 21.8. The van der Waals surface area contributed by atoms with Crippen LogP contribution in [-0.4, -0.2) is 45.6 Å². The molecule has 126 valence electrons. The minimum absolute atomic E-state index is 0.235. The smallest absolute Gasteiger partial charge is 0.334 e. The van der Waals surface area contributed by atoms with E-state index in [1.54, 1.807) is 26.0 Å². The molecule has 7 unspecified atom stereocenters. The largest absolute Gasteiger partial charge is 0.459 e. The van der Waals surface area contributed by atoms with Crippen molar-refractivity contribution >= 4 is 11.9 Å². The van der Waals surface area contributed by atoms with Crippen molar-refractivity contribution in [3.8, 4) is 0 Å². The summed E-state index contributed by atoms with van der Waals surface area (Å²) < 4.78 is 10.8. The second-order valence-electron chi connectivity index (χ2n) is 7.20. The average Bonchev–Trinajstić information content (AvgIpc) is 2.84. The van der Waals surface area contributed by atoms with E-state index in [0.717, 1.165) is 0 Å². The van der Waals surface area contributed by atoms with Gasteiger partial charge in [0.15, 0.2) is 0 Å². The highest BCUT2D eigenvalue weighted by Crippen LogP contribution is 2.53. The molecule has 2 aliphatic carbocycles. The van der Waals surface area contributed by atoms with Crippen molar-refractivity contribution in [3.63, 3.8) is 0 Å². The Morgan fingerprint density at radius 3 is 2.70 bits per heavy atom. The molecule has 7 atom stereocenters. The molecule has 6 heteroatoms. The number of ether oxygens (including phenoxy) is 2. The number of hydrogen-bond donors (Lipinski definition) is 2. The Bertz CT molecular complexity index is 602. The maximum absolute atomic E-state index is 11.9. The van der Waals surface area contributed by atoms with Gasteiger partial charge < -0.3 is 19.7 Å². The molecule has 3 aliphatic rings. The third-order valence-corrected chi connectivity index (χ3v) is 5.51. The normalized spacial score (nSPS) is 48.5. The maximum Gasteiger partial charge on any atom is 0.334 e. The topological polar surface area (TPSA) is 93.1 Å². The molecule has 1 heterocycles. The Hall–Kier alpha value is -1.66. The molecule has 1 aliphatic heterocycles. The Balaban J connectivity index is 2.08. The number of rotatable bonds is 1. The minimum atomic E-state index is -1.38. The fourth-order valence-corrected chi connectivity index (χ4v) is 4.27. The predicted octanol–water partition coefficient (Wildman–Crippen LogP) is 0.724. The van der Waals surface area contributed by atoms with Crippen molar-refractivity contribution < 1.29 is 29.3 Å². The van der Waals surface area contributed by atoms with E-state index in [0.29, 0.717) is 5.57 Å². The minimum Gasteiger partial charge on any atom is -0.459 e. The van der Waals surface area contributed by atoms with Crippen LogP contribution in [0.1, 0.15) is 27.2 Å². The Morgan fingerprint density at radius 2 is 2.09 bits per heavy atom. The lowest BCUT2D eigenvalue weighted by molar-refractivity contribution is -0.170. The number of carbonyl (C=O) groups is 2. The van der Waals surface area contributed by atoms with Gasteiger partial charge in [-0.1, -0.05) is 18.7 Å². The molecule has 0 aromatic heterocycles. The first-order valence-corrected chi connectivity index (χ1v) is 7.77. The van der Waals surface area contributed by atoms with Gasteiger partial charge in [0.1, 0.15) is 17.8 Å². The van der Waals surface area contributed by atoms with Gasteiger partial charge in [0.25, 0.3) is 0 Å². The molecule has 23 heavy (non-hydrogen) atoms. The number of fused-ring (bicyclic) bond motifs is 3. The third-order valence-electron chi connectivity index (χ3n) is 5.51. The first kappa shape index (κ1) is 16.2. The predicted molar refractivity (Wildman–Crippen MR) is 80.0 cm³/mol. The van der Waals surface area contributed by atoms with Crippen LogP contribution in [0, 0.1) is 17.8 Å². The molecule has 0 amide bonds. The van der Waals surface area contributed by atoms with Crippen molar-refractivity contribution in [2.24, 2.45) is 17.8 Å². The quantitative estimate of drug-likeness (QED) is 0.420. The molecule has 0 radical (unpaired) electrons. The number of aliphatic hydroxyl groups is 2. The molecule has 0 spiro atoms. The molecule has 1 saturated heterocycles. The average molecular weight is 322 g/mol. The van der Waals surface area contributed by atoms with Crippen LogP contribution < -0.4 is 0 Å². The Labute approximate surface area is 134 Å². The lowest BCUT2D eigenvalue weighted by Gasteiger charge is -2.40. The zero-order chi connectivity index (χ0) is 17.2. The molecule has 2 fully saturated rings. The van der Waals surface area contributed by atoms with Crippen LogP contribution in [0.5, 0.6) is 0 Å². The molecule has 6 nitrogen and oxygen atoms in total. The summed E-state index contributed by atoms with van der Waals surface area (Å²) in [4.78, 5) is 23.4. The molecule has 0 bridgehead atoms. The number of hydrogen-bond acceptors (Lipinski definition) is 6. The SMILES string of the molecule is C=C1C(=O)OC2C1CC(OC(C)=O)C(C)(O)C1C=CC(C)(O)C21. The highest BCUT2D eigenvalue weighted by molar-refractivity contribution is 5.91. The molecular formula is C17H22O6. The second-order valence-corrected chi connectivity index (χ2v) is 7.20. The summed E-state index contributed by atoms with van der Waals surface area (Å²) in [6.45, 7) is 8.29. The summed E-state index contributed by atoms with van der Waals surface area (Å²) in [6, 6.07) is 0. The summed E-state index contributed by atoms with van der Waals surface area (Å²) >= 11 is 0. The Morgan fingerprint density at radius 1 is 1.43 bits per heavy atom. The summed E-state index contributed by atoms with van der Waals surface area (Å²) in [5.74, 6) is -2.43. The summed E-state index contributed by atoms with van der Waals surface area (Å²) in [5.41, 5.74) is -2.32. The molecule has 3 rings (SSSR count). The van der Waals surface area contributed by atoms with Crippen molar-refractivity contribution in [2.75, 3.05) is 0 Å². The van der Waals surface area contributed by atoms with Gasteiger partial charge in [0, 0.05) is 30.3 Å². The molecule has 2 N–H and O–H groups in total. The van der Waals surface area contributed by atoms with Gasteiger partial charge in [-0.3, -0.25) is 4.79 Å². The zero-order valence-electron chi connectivity index (χ0n) is 13.5. The van der Waals surface area contributed by atoms with Crippen LogP contribution in [0.4, 0.5) is 0 Å². The maximum atomic E-state index is 11.9. The third kappa shape index (κ3) is 2.32. The molecule has 0 aromatic rings. The van der Waals surface area contributed by atoms with E-state index in [1.165, 1.54) is 6.92 Å². The van der Waals surface area contributed by atoms with Crippen LogP contribution in [0.3, 0.4) is 0 Å². The summed E-state index contributed by atoms with van der Waals surface area (Å²) in [7, 11) is 0. The van der Waals surface area contributed by atoms with E-state index in [1.807, 2.05) is 0 Å². The van der Waals surface area contributed by atoms with Crippen LogP contribution in [-0.2, 0) is 19.1 Å². The van der Waals surface area contributed by atoms with Gasteiger partial charge >= 0.3 is 11.9 Å². The zero-order valence-corrected chi connectivity index (χ0v) is 13.5. The lowest BCUT2D eigenvalue weighted by atomic mass is 9.73. The van der Waals surface area contributed by atoms with Gasteiger partial charge in [-0.05, 0) is 20.3 Å². The molecule has 1 saturated carbocycles. The van der Waals surface area contributed by atoms with Crippen LogP contribution in [0.15, 0.2) is 24.3 Å². The van der Waals surface area contributed by atoms with E-state index in [4.69, 9.17) is 9.47 Å². The van der Waals surface area contributed by atoms with E-state index >= 15 is 0 Å². The number of carbonyl (C=O) groups excluding carboxylic acids is 2. The van der Waals surface area contributed by atoms with Crippen molar-refractivity contribution in [2.45, 2.75) is 50.6 Å². The first-order valence-electron chi connectivity index (χ1n) is 7.77. The van der Waals surface area contributed by atoms with Gasteiger partial charge in [-0.15, -0.1) is 0 Å². The van der Waals surface area contributed by atoms with E-state index in [-0.39, 0.29) is 6.42 Å².